The van der Waals surface area contributed by atoms with Crippen molar-refractivity contribution in [2.75, 3.05) is 14.7 Å². The number of para-hydroxylation sites is 1. The lowest BCUT2D eigenvalue weighted by molar-refractivity contribution is 0.252. The number of hydrogen-bond donors (Lipinski definition) is 0. The Kier molecular flexibility index (Phi) is 9.95. The zero-order valence-electron chi connectivity index (χ0n) is 41.6. The maximum Gasteiger partial charge on any atom is 0.340 e. The van der Waals surface area contributed by atoms with E-state index in [-0.39, 0.29) is 30.3 Å². The molecule has 1 fully saturated rings. The molecule has 0 unspecified atom stereocenters. The van der Waals surface area contributed by atoms with Crippen molar-refractivity contribution in [2.45, 2.75) is 93.9 Å². The van der Waals surface area contributed by atoms with E-state index in [0.29, 0.717) is 0 Å². The summed E-state index contributed by atoms with van der Waals surface area (Å²) in [7, 11) is 0. The minimum atomic E-state index is -0.170. The highest BCUT2D eigenvalue weighted by molar-refractivity contribution is 6.97. The Bertz CT molecular complexity index is 3260. The Balaban J connectivity index is 1.30. The maximum atomic E-state index is 16.3. The zero-order chi connectivity index (χ0) is 47.7. The summed E-state index contributed by atoms with van der Waals surface area (Å²) < 4.78 is 6.54. The predicted molar refractivity (Wildman–Crippen MR) is 290 cm³/mol. The number of rotatable bonds is 5. The van der Waals surface area contributed by atoms with Gasteiger partial charge in [0.25, 0.3) is 0 Å². The maximum absolute atomic E-state index is 16.3. The molecule has 336 valence electrons. The van der Waals surface area contributed by atoms with Gasteiger partial charge >= 0.3 is 6.03 Å². The summed E-state index contributed by atoms with van der Waals surface area (Å²) >= 11 is 0. The molecular weight excluding hydrogens is 828 g/mol. The van der Waals surface area contributed by atoms with E-state index in [9.17, 15) is 0 Å². The second-order valence-electron chi connectivity index (χ2n) is 21.7. The molecule has 2 amide bonds. The zero-order valence-corrected chi connectivity index (χ0v) is 41.6. The van der Waals surface area contributed by atoms with Crippen LogP contribution in [0.4, 0.5) is 21.9 Å². The quantitative estimate of drug-likeness (QED) is 0.162. The van der Waals surface area contributed by atoms with Crippen molar-refractivity contribution < 1.29 is 9.21 Å². The number of hydrogen-bond acceptors (Lipinski definition) is 3. The summed E-state index contributed by atoms with van der Waals surface area (Å²) in [6.07, 6.45) is 0. The van der Waals surface area contributed by atoms with Crippen LogP contribution in [0.2, 0.25) is 0 Å². The van der Waals surface area contributed by atoms with Gasteiger partial charge in [-0.1, -0.05) is 189 Å². The van der Waals surface area contributed by atoms with Crippen LogP contribution >= 0.6 is 0 Å². The molecule has 0 radical (unpaired) electrons. The van der Waals surface area contributed by atoms with E-state index in [2.05, 4.69) is 221 Å². The lowest BCUT2D eigenvalue weighted by Crippen LogP contribution is -2.68. The number of carbonyl (C=O) groups is 1. The van der Waals surface area contributed by atoms with E-state index in [4.69, 9.17) is 4.42 Å². The standard InChI is InChI=1S/C61H59B2N3O2/c1-36-18-15-19-37(2)54(36)62-40(5)57-64(45-30-26-43(27-31-45)60(7,8)9)59(67)65(46-32-28-44(29-33-46)61(10,11)12)58-41(6)63(55-38(3)20-16-21-39(55)4)50-35-42(34-49(62)56(50)66(57)58)47-23-17-25-52-53(47)48-22-13-14-24-51(48)68-52/h13-35H,1-12H3. The van der Waals surface area contributed by atoms with Crippen LogP contribution in [0, 0.1) is 27.7 Å². The van der Waals surface area contributed by atoms with Crippen LogP contribution in [0.3, 0.4) is 0 Å². The van der Waals surface area contributed by atoms with Crippen LogP contribution in [-0.2, 0) is 10.8 Å². The summed E-state index contributed by atoms with van der Waals surface area (Å²) in [5.74, 6) is 1.79. The lowest BCUT2D eigenvalue weighted by Gasteiger charge is -2.54. The number of carbonyl (C=O) groups excluding carboxylic acids is 1. The summed E-state index contributed by atoms with van der Waals surface area (Å²) in [5, 5.41) is 2.22. The summed E-state index contributed by atoms with van der Waals surface area (Å²) in [6.45, 7) is 26.6. The van der Waals surface area contributed by atoms with Gasteiger partial charge in [-0.15, -0.1) is 0 Å². The fourth-order valence-electron chi connectivity index (χ4n) is 11.8. The van der Waals surface area contributed by atoms with Crippen molar-refractivity contribution in [3.63, 3.8) is 0 Å². The summed E-state index contributed by atoms with van der Waals surface area (Å²) in [6, 6.07) is 50.4. The Hall–Kier alpha value is -6.98. The number of furan rings is 1. The Morgan fingerprint density at radius 3 is 1.35 bits per heavy atom. The van der Waals surface area contributed by atoms with Crippen molar-refractivity contribution in [2.24, 2.45) is 0 Å². The lowest BCUT2D eigenvalue weighted by atomic mass is 9.29. The van der Waals surface area contributed by atoms with Crippen molar-refractivity contribution >= 4 is 80.3 Å². The minimum absolute atomic E-state index is 0.0556. The molecule has 3 aliphatic heterocycles. The van der Waals surface area contributed by atoms with Gasteiger partial charge in [-0.05, 0) is 122 Å². The van der Waals surface area contributed by atoms with Crippen molar-refractivity contribution in [3.8, 4) is 11.1 Å². The molecule has 0 N–H and O–H groups in total. The molecule has 8 aromatic rings. The molecule has 7 aromatic carbocycles. The molecule has 0 saturated carbocycles. The number of allylic oxidation sites excluding steroid dienone is 2. The molecule has 1 saturated heterocycles. The molecule has 3 aliphatic rings. The molecule has 5 nitrogen and oxygen atoms in total. The van der Waals surface area contributed by atoms with Crippen LogP contribution < -0.4 is 36.6 Å². The number of nitrogens with zero attached hydrogens (tertiary/aromatic N) is 3. The topological polar surface area (TPSA) is 39.9 Å². The van der Waals surface area contributed by atoms with Crippen LogP contribution in [0.5, 0.6) is 0 Å². The number of fused-ring (bicyclic) bond motifs is 3. The first-order valence-electron chi connectivity index (χ1n) is 24.2. The Morgan fingerprint density at radius 2 is 0.897 bits per heavy atom. The molecule has 4 heterocycles. The van der Waals surface area contributed by atoms with Gasteiger partial charge in [0, 0.05) is 16.5 Å². The van der Waals surface area contributed by atoms with Gasteiger partial charge in [0.15, 0.2) is 0 Å². The normalized spacial score (nSPS) is 15.1. The molecule has 68 heavy (non-hydrogen) atoms. The molecule has 0 bridgehead atoms. The Labute approximate surface area is 402 Å². The van der Waals surface area contributed by atoms with Crippen LogP contribution in [0.15, 0.2) is 167 Å². The van der Waals surface area contributed by atoms with Crippen LogP contribution in [0.25, 0.3) is 33.1 Å². The molecule has 11 rings (SSSR count). The average molecular weight is 888 g/mol. The summed E-state index contributed by atoms with van der Waals surface area (Å²) in [4.78, 5) is 22.8. The smallest absolute Gasteiger partial charge is 0.340 e. The van der Waals surface area contributed by atoms with Crippen molar-refractivity contribution in [3.05, 3.63) is 195 Å². The van der Waals surface area contributed by atoms with Gasteiger partial charge in [0.05, 0.1) is 11.4 Å². The second-order valence-corrected chi connectivity index (χ2v) is 21.7. The largest absolute Gasteiger partial charge is 0.456 e. The van der Waals surface area contributed by atoms with Gasteiger partial charge in [0.1, 0.15) is 22.8 Å². The molecule has 1 aromatic heterocycles. The van der Waals surface area contributed by atoms with E-state index >= 15 is 4.79 Å². The van der Waals surface area contributed by atoms with Crippen LogP contribution in [0.1, 0.15) is 88.8 Å². The SMILES string of the molecule is CC1=C2N(c3ccc(C(C)(C)C)cc3)C(=O)N(c3ccc(C(C)(C)C)cc3)C3=C(C)B(c4c(C)cccc4C)c4cc(-c5cccc6oc7ccccc7c56)cc(c4N23)B1c1c(C)cccc1C. The van der Waals surface area contributed by atoms with E-state index in [1.165, 1.54) is 55.2 Å². The molecular formula is C61H59B2N3O2. The van der Waals surface area contributed by atoms with E-state index in [1.807, 2.05) is 15.9 Å². The Morgan fingerprint density at radius 1 is 0.471 bits per heavy atom. The van der Waals surface area contributed by atoms with E-state index < -0.39 is 0 Å². The highest BCUT2D eigenvalue weighted by atomic mass is 16.3. The van der Waals surface area contributed by atoms with E-state index in [1.54, 1.807) is 0 Å². The van der Waals surface area contributed by atoms with Gasteiger partial charge in [0.2, 0.25) is 13.4 Å². The van der Waals surface area contributed by atoms with Gasteiger partial charge in [-0.25, -0.2) is 14.6 Å². The van der Waals surface area contributed by atoms with Gasteiger partial charge in [-0.3, -0.25) is 4.90 Å². The van der Waals surface area contributed by atoms with Crippen LogP contribution in [-0.4, -0.2) is 19.5 Å². The third-order valence-electron chi connectivity index (χ3n) is 15.2. The highest BCUT2D eigenvalue weighted by Crippen LogP contribution is 2.47. The fraction of sp³-hybridized carbons (Fsp3) is 0.230. The molecule has 0 atom stereocenters. The number of amides is 2. The third-order valence-corrected chi connectivity index (χ3v) is 15.2. The van der Waals surface area contributed by atoms with E-state index in [0.717, 1.165) is 72.7 Å². The molecule has 0 spiro atoms. The summed E-state index contributed by atoms with van der Waals surface area (Å²) in [5.41, 5.74) is 21.3. The first kappa shape index (κ1) is 43.6. The van der Waals surface area contributed by atoms with Crippen molar-refractivity contribution in [1.82, 2.24) is 0 Å². The average Bonchev–Trinajstić information content (AvgIpc) is 3.69. The van der Waals surface area contributed by atoms with Gasteiger partial charge < -0.3 is 4.42 Å². The predicted octanol–water partition coefficient (Wildman–Crippen LogP) is 12.8. The number of anilines is 3. The van der Waals surface area contributed by atoms with Crippen molar-refractivity contribution in [1.29, 1.82) is 0 Å². The minimum Gasteiger partial charge on any atom is -0.456 e. The third kappa shape index (κ3) is 6.56. The number of aryl methyl sites for hydroxylation is 4. The fourth-order valence-corrected chi connectivity index (χ4v) is 11.8. The first-order chi connectivity index (χ1) is 32.4. The first-order valence-corrected chi connectivity index (χ1v) is 24.2. The number of benzene rings is 7. The number of urea groups is 1. The molecule has 0 aliphatic carbocycles. The second kappa shape index (κ2) is 15.5. The molecule has 7 heteroatoms. The highest BCUT2D eigenvalue weighted by Gasteiger charge is 2.53. The van der Waals surface area contributed by atoms with Gasteiger partial charge in [-0.2, -0.15) is 0 Å². The monoisotopic (exact) mass is 887 g/mol.